The van der Waals surface area contributed by atoms with Gasteiger partial charge in [-0.25, -0.2) is 26.4 Å². The Kier molecular flexibility index (Phi) is 11.4. The number of likely N-dealkylation sites (tertiary alicyclic amines) is 1. The highest BCUT2D eigenvalue weighted by Crippen LogP contribution is 2.47. The molecule has 7 atom stereocenters. The van der Waals surface area contributed by atoms with Crippen molar-refractivity contribution in [3.05, 3.63) is 58.4 Å². The van der Waals surface area contributed by atoms with Gasteiger partial charge < -0.3 is 25.6 Å². The van der Waals surface area contributed by atoms with Gasteiger partial charge in [0.1, 0.15) is 6.04 Å². The van der Waals surface area contributed by atoms with Gasteiger partial charge in [-0.3, -0.25) is 14.5 Å². The monoisotopic (exact) mass is 717 g/mol. The van der Waals surface area contributed by atoms with Gasteiger partial charge in [-0.1, -0.05) is 38.8 Å². The summed E-state index contributed by atoms with van der Waals surface area (Å²) in [4.78, 5) is 38.8. The van der Waals surface area contributed by atoms with E-state index < -0.39 is 85.9 Å². The summed E-state index contributed by atoms with van der Waals surface area (Å²) in [6.45, 7) is 5.24. The molecule has 1 saturated carbocycles. The molecule has 0 spiro atoms. The number of carbonyl (C=O) groups is 3. The molecule has 2 fully saturated rings. The molecule has 4 N–H and O–H groups in total. The van der Waals surface area contributed by atoms with Crippen LogP contribution in [-0.4, -0.2) is 84.6 Å². The van der Waals surface area contributed by atoms with Gasteiger partial charge in [0.05, 0.1) is 40.5 Å². The van der Waals surface area contributed by atoms with Crippen molar-refractivity contribution in [2.75, 3.05) is 25.5 Å². The van der Waals surface area contributed by atoms with Crippen molar-refractivity contribution < 1.29 is 50.9 Å². The number of carbonyl (C=O) groups excluding carboxylic acids is 3. The average Bonchev–Trinajstić information content (AvgIpc) is 3.44. The maximum atomic E-state index is 14.0. The highest BCUT2D eigenvalue weighted by molar-refractivity contribution is 7.92. The second-order valence-electron chi connectivity index (χ2n) is 12.6. The fourth-order valence-corrected chi connectivity index (χ4v) is 9.47. The van der Waals surface area contributed by atoms with Crippen molar-refractivity contribution in [2.45, 2.75) is 74.3 Å². The number of benzene rings is 2. The van der Waals surface area contributed by atoms with E-state index in [1.54, 1.807) is 13.8 Å². The smallest absolute Gasteiger partial charge is 0.410 e. The summed E-state index contributed by atoms with van der Waals surface area (Å²) >= 11 is 6.32. The van der Waals surface area contributed by atoms with Gasteiger partial charge in [-0.05, 0) is 42.9 Å². The number of hydrogen-bond donors (Lipinski definition) is 4. The van der Waals surface area contributed by atoms with Crippen molar-refractivity contribution in [3.8, 4) is 0 Å². The number of nitrogens with one attached hydrogen (secondary N) is 2. The number of amides is 3. The minimum atomic E-state index is -4.19. The minimum Gasteiger partial charge on any atom is -0.453 e. The number of sulfone groups is 1. The van der Waals surface area contributed by atoms with Gasteiger partial charge in [0.2, 0.25) is 5.91 Å². The molecule has 2 aliphatic rings. The molecule has 2 aromatic carbocycles. The van der Waals surface area contributed by atoms with E-state index >= 15 is 0 Å². The van der Waals surface area contributed by atoms with E-state index in [1.807, 2.05) is 6.92 Å². The topological polar surface area (TPSA) is 162 Å². The Morgan fingerprint density at radius 3 is 2.38 bits per heavy atom. The summed E-state index contributed by atoms with van der Waals surface area (Å²) in [6.07, 6.45) is -1.14. The number of halogens is 4. The molecule has 264 valence electrons. The van der Waals surface area contributed by atoms with Gasteiger partial charge in [0.25, 0.3) is 5.91 Å². The number of hydrogen-bond acceptors (Lipinski definition) is 8. The van der Waals surface area contributed by atoms with Gasteiger partial charge in [-0.2, -0.15) is 0 Å². The molecule has 1 heterocycles. The summed E-state index contributed by atoms with van der Waals surface area (Å²) in [5.41, 5.74) is -1.95. The molecule has 1 unspecified atom stereocenters. The highest BCUT2D eigenvalue weighted by atomic mass is 35.5. The van der Waals surface area contributed by atoms with Crippen LogP contribution in [-0.2, 0) is 19.4 Å². The molecule has 0 bridgehead atoms. The molecule has 3 amide bonds. The van der Waals surface area contributed by atoms with Crippen molar-refractivity contribution in [2.24, 2.45) is 17.8 Å². The highest BCUT2D eigenvalue weighted by Gasteiger charge is 2.52. The number of aliphatic hydroxyl groups excluding tert-OH is 1. The van der Waals surface area contributed by atoms with Crippen LogP contribution in [0.25, 0.3) is 0 Å². The molecule has 0 aromatic heterocycles. The first-order valence-corrected chi connectivity index (χ1v) is 17.4. The van der Waals surface area contributed by atoms with Crippen LogP contribution in [0, 0.1) is 35.2 Å². The maximum absolute atomic E-state index is 14.0. The largest absolute Gasteiger partial charge is 0.453 e. The van der Waals surface area contributed by atoms with E-state index in [9.17, 15) is 46.2 Å². The van der Waals surface area contributed by atoms with Gasteiger partial charge >= 0.3 is 6.09 Å². The lowest BCUT2D eigenvalue weighted by Crippen LogP contribution is -2.58. The first-order valence-electron chi connectivity index (χ1n) is 15.5. The summed E-state index contributed by atoms with van der Waals surface area (Å²) in [5, 5.41) is 25.9. The number of ether oxygens (including phenoxy) is 1. The Balaban J connectivity index is 1.50. The molecule has 16 heteroatoms. The van der Waals surface area contributed by atoms with E-state index in [-0.39, 0.29) is 53.5 Å². The number of nitrogens with zero attached hydrogens (tertiary/aromatic N) is 1. The van der Waals surface area contributed by atoms with Gasteiger partial charge in [-0.15, -0.1) is 0 Å². The summed E-state index contributed by atoms with van der Waals surface area (Å²) in [5.74, 6) is -7.81. The van der Waals surface area contributed by atoms with Crippen LogP contribution in [0.3, 0.4) is 0 Å². The Labute approximate surface area is 281 Å². The minimum absolute atomic E-state index is 0.0139. The third kappa shape index (κ3) is 7.28. The third-order valence-corrected chi connectivity index (χ3v) is 12.3. The van der Waals surface area contributed by atoms with Crippen LogP contribution < -0.4 is 10.6 Å². The molecule has 1 aliphatic carbocycles. The molecular formula is C32H39ClF3N3O8S. The molecule has 48 heavy (non-hydrogen) atoms. The number of methoxy groups -OCH3 is 1. The molecule has 2 aromatic rings. The zero-order valence-corrected chi connectivity index (χ0v) is 28.4. The fraction of sp³-hybridized carbons (Fsp3) is 0.531. The number of β-amino-alcohol motifs (C(OH)–C–C–N with tert-alkyl or cyclic N) is 1. The van der Waals surface area contributed by atoms with Crippen molar-refractivity contribution in [3.63, 3.8) is 0 Å². The van der Waals surface area contributed by atoms with Crippen LogP contribution in [0.2, 0.25) is 5.02 Å². The Morgan fingerprint density at radius 1 is 1.12 bits per heavy atom. The normalized spacial score (nSPS) is 26.5. The maximum Gasteiger partial charge on any atom is 0.410 e. The molecule has 4 rings (SSSR count). The first-order chi connectivity index (χ1) is 22.4. The predicted octanol–water partition coefficient (Wildman–Crippen LogP) is 4.29. The van der Waals surface area contributed by atoms with E-state index in [0.29, 0.717) is 18.6 Å². The van der Waals surface area contributed by atoms with E-state index in [1.165, 1.54) is 19.2 Å². The van der Waals surface area contributed by atoms with Crippen molar-refractivity contribution in [1.29, 1.82) is 0 Å². The van der Waals surface area contributed by atoms with Crippen molar-refractivity contribution >= 4 is 45.0 Å². The van der Waals surface area contributed by atoms with Crippen LogP contribution in [0.1, 0.15) is 56.8 Å². The molecule has 0 radical (unpaired) electrons. The van der Waals surface area contributed by atoms with E-state index in [2.05, 4.69) is 10.6 Å². The van der Waals surface area contributed by atoms with Gasteiger partial charge in [0.15, 0.2) is 27.3 Å². The van der Waals surface area contributed by atoms with E-state index in [0.717, 1.165) is 11.0 Å². The summed E-state index contributed by atoms with van der Waals surface area (Å²) in [6, 6.07) is 3.73. The lowest BCUT2D eigenvalue weighted by Gasteiger charge is -2.50. The lowest BCUT2D eigenvalue weighted by molar-refractivity contribution is -0.133. The fourth-order valence-electron chi connectivity index (χ4n) is 7.01. The number of aliphatic hydroxyl groups is 2. The quantitative estimate of drug-likeness (QED) is 0.279. The van der Waals surface area contributed by atoms with Crippen LogP contribution in [0.15, 0.2) is 35.2 Å². The molecule has 1 aliphatic heterocycles. The molecule has 1 saturated heterocycles. The molecule has 11 nitrogen and oxygen atoms in total. The second-order valence-corrected chi connectivity index (χ2v) is 15.2. The Bertz CT molecular complexity index is 1660. The number of rotatable bonds is 9. The zero-order valence-electron chi connectivity index (χ0n) is 26.8. The standard InChI is InChI=1S/C32H39ClF3N3O8S/c1-5-19-10-22(8-16(2)32(19,44)17(3)14-37-30(42)26-13-21(40)15-39(26)31(43)47-4)48(45,46)27-9-18(6-7-23(27)33)29(41)38-20-11-24(34)28(36)25(35)12-20/h6-7,9,11-12,16-17,19,21-22,26,40,44H,5,8,10,13-15H2,1-4H3,(H,37,42)(H,38,41)/t16-,17?,19+,21+,22-,26-,32+/m0/s1. The second kappa shape index (κ2) is 14.6. The third-order valence-electron chi connectivity index (χ3n) is 9.64. The first kappa shape index (κ1) is 37.4. The van der Waals surface area contributed by atoms with Crippen LogP contribution in [0.4, 0.5) is 23.7 Å². The summed E-state index contributed by atoms with van der Waals surface area (Å²) < 4.78 is 73.4. The lowest BCUT2D eigenvalue weighted by atomic mass is 9.62. The Morgan fingerprint density at radius 2 is 1.77 bits per heavy atom. The molecular weight excluding hydrogens is 679 g/mol. The Hall–Kier alpha value is -3.40. The van der Waals surface area contributed by atoms with Crippen LogP contribution >= 0.6 is 11.6 Å². The SMILES string of the molecule is CC[C@@H]1C[C@@H](S(=O)(=O)c2cc(C(=O)Nc3cc(F)c(F)c(F)c3)ccc2Cl)C[C@H](C)[C@@]1(O)C(C)CNC(=O)[C@@H]1C[C@@H](O)CN1C(=O)OC. The van der Waals surface area contributed by atoms with Crippen LogP contribution in [0.5, 0.6) is 0 Å². The zero-order chi connectivity index (χ0) is 35.7. The summed E-state index contributed by atoms with van der Waals surface area (Å²) in [7, 11) is -3.01. The van der Waals surface area contributed by atoms with Gasteiger partial charge in [0, 0.05) is 42.3 Å². The van der Waals surface area contributed by atoms with E-state index in [4.69, 9.17) is 16.3 Å². The number of anilines is 1. The predicted molar refractivity (Wildman–Crippen MR) is 170 cm³/mol. The average molecular weight is 718 g/mol. The van der Waals surface area contributed by atoms with Crippen molar-refractivity contribution in [1.82, 2.24) is 10.2 Å².